The molecule has 1 amide bonds. The first-order chi connectivity index (χ1) is 6.89. The maximum atomic E-state index is 11.4. The van der Waals surface area contributed by atoms with Crippen molar-refractivity contribution < 1.29 is 13.2 Å². The Kier molecular flexibility index (Phi) is 4.45. The Bertz CT molecular complexity index is 324. The van der Waals surface area contributed by atoms with Crippen LogP contribution >= 0.6 is 11.8 Å². The zero-order valence-electron chi connectivity index (χ0n) is 9.02. The van der Waals surface area contributed by atoms with E-state index in [2.05, 4.69) is 5.32 Å². The van der Waals surface area contributed by atoms with E-state index in [4.69, 9.17) is 0 Å². The van der Waals surface area contributed by atoms with Crippen molar-refractivity contribution in [2.75, 3.05) is 17.3 Å². The van der Waals surface area contributed by atoms with Gasteiger partial charge in [-0.3, -0.25) is 4.79 Å². The highest BCUT2D eigenvalue weighted by molar-refractivity contribution is 8.00. The highest BCUT2D eigenvalue weighted by Gasteiger charge is 2.28. The van der Waals surface area contributed by atoms with E-state index in [0.717, 1.165) is 0 Å². The molecule has 1 fully saturated rings. The molecule has 88 valence electrons. The molecule has 15 heavy (non-hydrogen) atoms. The molecule has 0 radical (unpaired) electrons. The summed E-state index contributed by atoms with van der Waals surface area (Å²) in [5, 5.41) is 3.17. The van der Waals surface area contributed by atoms with Crippen LogP contribution in [-0.2, 0) is 14.6 Å². The topological polar surface area (TPSA) is 63.2 Å². The molecule has 0 aromatic heterocycles. The normalized spacial score (nSPS) is 24.3. The van der Waals surface area contributed by atoms with Gasteiger partial charge in [0, 0.05) is 6.04 Å². The van der Waals surface area contributed by atoms with Crippen LogP contribution in [0.25, 0.3) is 0 Å². The lowest BCUT2D eigenvalue weighted by Gasteiger charge is -2.11. The minimum atomic E-state index is -2.89. The summed E-state index contributed by atoms with van der Waals surface area (Å²) in [5.74, 6) is 0.657. The van der Waals surface area contributed by atoms with Crippen LogP contribution in [0.2, 0.25) is 0 Å². The predicted molar refractivity (Wildman–Crippen MR) is 62.8 cm³/mol. The van der Waals surface area contributed by atoms with Gasteiger partial charge in [0.2, 0.25) is 5.91 Å². The molecule has 0 aromatic carbocycles. The fourth-order valence-electron chi connectivity index (χ4n) is 1.42. The first-order valence-corrected chi connectivity index (χ1v) is 7.87. The first kappa shape index (κ1) is 12.8. The summed E-state index contributed by atoms with van der Waals surface area (Å²) in [6.07, 6.45) is 0.556. The fraction of sp³-hybridized carbons (Fsp3) is 0.889. The number of hydrogen-bond donors (Lipinski definition) is 1. The van der Waals surface area contributed by atoms with Gasteiger partial charge in [-0.25, -0.2) is 8.42 Å². The third-order valence-corrected chi connectivity index (χ3v) is 5.01. The van der Waals surface area contributed by atoms with E-state index < -0.39 is 9.84 Å². The Balaban J connectivity index is 2.28. The lowest BCUT2D eigenvalue weighted by atomic mass is 10.3. The van der Waals surface area contributed by atoms with E-state index in [0.29, 0.717) is 17.4 Å². The number of thioether (sulfide) groups is 1. The maximum absolute atomic E-state index is 11.4. The van der Waals surface area contributed by atoms with Crippen LogP contribution in [0.1, 0.15) is 20.3 Å². The fourth-order valence-corrected chi connectivity index (χ4v) is 3.66. The van der Waals surface area contributed by atoms with Gasteiger partial charge in [-0.2, -0.15) is 0 Å². The Morgan fingerprint density at radius 1 is 1.53 bits per heavy atom. The van der Waals surface area contributed by atoms with Crippen LogP contribution in [0.15, 0.2) is 0 Å². The number of amides is 1. The molecule has 4 nitrogen and oxygen atoms in total. The van der Waals surface area contributed by atoms with Gasteiger partial charge in [-0.1, -0.05) is 13.8 Å². The van der Waals surface area contributed by atoms with Crippen LogP contribution in [0, 0.1) is 0 Å². The zero-order valence-corrected chi connectivity index (χ0v) is 10.7. The van der Waals surface area contributed by atoms with E-state index in [9.17, 15) is 13.2 Å². The van der Waals surface area contributed by atoms with Gasteiger partial charge in [-0.15, -0.1) is 11.8 Å². The molecule has 1 aliphatic heterocycles. The van der Waals surface area contributed by atoms with Gasteiger partial charge < -0.3 is 5.32 Å². The molecular weight excluding hydrogens is 234 g/mol. The Labute approximate surface area is 95.1 Å². The van der Waals surface area contributed by atoms with E-state index >= 15 is 0 Å². The summed E-state index contributed by atoms with van der Waals surface area (Å²) in [4.78, 5) is 11.4. The highest BCUT2D eigenvalue weighted by Crippen LogP contribution is 2.12. The lowest BCUT2D eigenvalue weighted by molar-refractivity contribution is -0.119. The van der Waals surface area contributed by atoms with Crippen molar-refractivity contribution in [1.82, 2.24) is 5.32 Å². The summed E-state index contributed by atoms with van der Waals surface area (Å²) in [6.45, 7) is 4.05. The molecule has 1 aliphatic rings. The molecule has 1 saturated heterocycles. The van der Waals surface area contributed by atoms with Crippen molar-refractivity contribution in [3.63, 3.8) is 0 Å². The van der Waals surface area contributed by atoms with Gasteiger partial charge in [0.05, 0.1) is 17.3 Å². The van der Waals surface area contributed by atoms with E-state index in [1.54, 1.807) is 11.8 Å². The number of sulfone groups is 1. The molecule has 6 heteroatoms. The number of nitrogens with one attached hydrogen (secondary N) is 1. The molecule has 1 N–H and O–H groups in total. The Morgan fingerprint density at radius 3 is 2.67 bits per heavy atom. The summed E-state index contributed by atoms with van der Waals surface area (Å²) in [5.41, 5.74) is 0. The Hall–Kier alpha value is -0.230. The summed E-state index contributed by atoms with van der Waals surface area (Å²) in [7, 11) is -2.89. The molecule has 0 aliphatic carbocycles. The van der Waals surface area contributed by atoms with E-state index in [1.165, 1.54) is 0 Å². The minimum absolute atomic E-state index is 0.0594. The smallest absolute Gasteiger partial charge is 0.230 e. The molecule has 0 saturated carbocycles. The van der Waals surface area contributed by atoms with Crippen LogP contribution < -0.4 is 5.32 Å². The Morgan fingerprint density at radius 2 is 2.20 bits per heavy atom. The molecule has 1 atom stereocenters. The second-order valence-electron chi connectivity index (χ2n) is 4.03. The van der Waals surface area contributed by atoms with Crippen molar-refractivity contribution in [1.29, 1.82) is 0 Å². The molecule has 0 bridgehead atoms. The number of hydrogen-bond acceptors (Lipinski definition) is 4. The third-order valence-electron chi connectivity index (χ3n) is 2.15. The SMILES string of the molecule is CC(C)SCC(=O)N[C@@H]1CCS(=O)(=O)C1. The predicted octanol–water partition coefficient (Wildman–Crippen LogP) is 0.431. The summed E-state index contributed by atoms with van der Waals surface area (Å²) in [6, 6.07) is -0.171. The van der Waals surface area contributed by atoms with Crippen molar-refractivity contribution in [2.24, 2.45) is 0 Å². The van der Waals surface area contributed by atoms with Gasteiger partial charge in [0.25, 0.3) is 0 Å². The average molecular weight is 251 g/mol. The van der Waals surface area contributed by atoms with Crippen molar-refractivity contribution >= 4 is 27.5 Å². The van der Waals surface area contributed by atoms with Crippen molar-refractivity contribution in [3.05, 3.63) is 0 Å². The third kappa shape index (κ3) is 4.88. The van der Waals surface area contributed by atoms with Crippen LogP contribution in [0.4, 0.5) is 0 Å². The van der Waals surface area contributed by atoms with Crippen LogP contribution in [0.5, 0.6) is 0 Å². The largest absolute Gasteiger partial charge is 0.352 e. The molecule has 0 unspecified atom stereocenters. The molecule has 1 rings (SSSR count). The first-order valence-electron chi connectivity index (χ1n) is 5.00. The number of carbonyl (C=O) groups excluding carboxylic acids is 1. The maximum Gasteiger partial charge on any atom is 0.230 e. The van der Waals surface area contributed by atoms with Gasteiger partial charge in [-0.05, 0) is 11.7 Å². The number of carbonyl (C=O) groups is 1. The van der Waals surface area contributed by atoms with E-state index in [-0.39, 0.29) is 23.5 Å². The van der Waals surface area contributed by atoms with Crippen molar-refractivity contribution in [3.8, 4) is 0 Å². The molecule has 0 spiro atoms. The summed E-state index contributed by atoms with van der Waals surface area (Å²) < 4.78 is 22.3. The highest BCUT2D eigenvalue weighted by atomic mass is 32.2. The zero-order chi connectivity index (χ0) is 11.5. The number of rotatable bonds is 4. The molecule has 0 aromatic rings. The monoisotopic (exact) mass is 251 g/mol. The standard InChI is InChI=1S/C9H17NO3S2/c1-7(2)14-5-9(11)10-8-3-4-15(12,13)6-8/h7-8H,3-6H2,1-2H3,(H,10,11)/t8-/m1/s1. The second kappa shape index (κ2) is 5.21. The second-order valence-corrected chi connectivity index (χ2v) is 7.82. The lowest BCUT2D eigenvalue weighted by Crippen LogP contribution is -2.36. The van der Waals surface area contributed by atoms with Crippen molar-refractivity contribution in [2.45, 2.75) is 31.6 Å². The van der Waals surface area contributed by atoms with Gasteiger partial charge in [0.15, 0.2) is 9.84 Å². The van der Waals surface area contributed by atoms with Crippen LogP contribution in [-0.4, -0.2) is 42.9 Å². The van der Waals surface area contributed by atoms with Crippen LogP contribution in [0.3, 0.4) is 0 Å². The van der Waals surface area contributed by atoms with Gasteiger partial charge in [0.1, 0.15) is 0 Å². The minimum Gasteiger partial charge on any atom is -0.352 e. The van der Waals surface area contributed by atoms with E-state index in [1.807, 2.05) is 13.8 Å². The molecular formula is C9H17NO3S2. The quantitative estimate of drug-likeness (QED) is 0.787. The summed E-state index contributed by atoms with van der Waals surface area (Å²) >= 11 is 1.56. The molecule has 1 heterocycles. The van der Waals surface area contributed by atoms with Gasteiger partial charge >= 0.3 is 0 Å². The average Bonchev–Trinajstić information content (AvgIpc) is 2.42.